The second kappa shape index (κ2) is 4.76. The molecule has 94 valence electrons. The highest BCUT2D eigenvalue weighted by molar-refractivity contribution is 9.10. The fourth-order valence-electron chi connectivity index (χ4n) is 2.66. The van der Waals surface area contributed by atoms with Crippen LogP contribution >= 0.6 is 15.9 Å². The summed E-state index contributed by atoms with van der Waals surface area (Å²) >= 11 is 3.58. The Morgan fingerprint density at radius 1 is 1.44 bits per heavy atom. The molecule has 1 atom stereocenters. The zero-order valence-electron chi connectivity index (χ0n) is 10.4. The van der Waals surface area contributed by atoms with Crippen LogP contribution in [0.3, 0.4) is 0 Å². The minimum absolute atomic E-state index is 0.578. The fraction of sp³-hybridized carbons (Fsp3) is 0.357. The molecule has 0 saturated heterocycles. The number of rotatable bonds is 2. The summed E-state index contributed by atoms with van der Waals surface area (Å²) in [6, 6.07) is 8.61. The number of hydrogen-bond donors (Lipinski definition) is 1. The normalized spacial score (nSPS) is 18.2. The van der Waals surface area contributed by atoms with E-state index in [1.807, 2.05) is 17.9 Å². The largest absolute Gasteiger partial charge is 0.385 e. The first-order valence-electron chi connectivity index (χ1n) is 6.25. The van der Waals surface area contributed by atoms with E-state index in [9.17, 15) is 0 Å². The fourth-order valence-corrected chi connectivity index (χ4v) is 3.17. The maximum atomic E-state index is 4.29. The lowest BCUT2D eigenvalue weighted by Gasteiger charge is -2.26. The van der Waals surface area contributed by atoms with E-state index in [1.165, 1.54) is 23.4 Å². The van der Waals surface area contributed by atoms with Crippen LogP contribution in [0.2, 0.25) is 0 Å². The average Bonchev–Trinajstić information content (AvgIpc) is 2.71. The molecule has 1 aliphatic rings. The number of benzene rings is 1. The molecule has 0 amide bonds. The lowest BCUT2D eigenvalue weighted by atomic mass is 9.87. The van der Waals surface area contributed by atoms with Crippen LogP contribution in [0, 0.1) is 0 Å². The van der Waals surface area contributed by atoms with Gasteiger partial charge in [0.15, 0.2) is 0 Å². The van der Waals surface area contributed by atoms with Gasteiger partial charge in [0.2, 0.25) is 0 Å². The summed E-state index contributed by atoms with van der Waals surface area (Å²) in [6.45, 7) is 1.05. The third-order valence-electron chi connectivity index (χ3n) is 3.66. The number of aryl methyl sites for hydroxylation is 1. The number of hydrogen-bond acceptors (Lipinski definition) is 2. The van der Waals surface area contributed by atoms with E-state index in [-0.39, 0.29) is 0 Å². The molecular formula is C14H16BrN3. The maximum Gasteiger partial charge on any atom is 0.0635 e. The highest BCUT2D eigenvalue weighted by Gasteiger charge is 2.21. The number of nitrogens with zero attached hydrogens (tertiary/aromatic N) is 2. The molecule has 0 saturated carbocycles. The van der Waals surface area contributed by atoms with Crippen molar-refractivity contribution in [2.24, 2.45) is 7.05 Å². The van der Waals surface area contributed by atoms with Gasteiger partial charge in [-0.25, -0.2) is 0 Å². The van der Waals surface area contributed by atoms with Crippen LogP contribution in [0.4, 0.5) is 5.69 Å². The van der Waals surface area contributed by atoms with Crippen molar-refractivity contribution in [3.63, 3.8) is 0 Å². The van der Waals surface area contributed by atoms with Gasteiger partial charge in [-0.2, -0.15) is 5.10 Å². The average molecular weight is 306 g/mol. The molecule has 2 heterocycles. The third-order valence-corrected chi connectivity index (χ3v) is 4.32. The van der Waals surface area contributed by atoms with Gasteiger partial charge < -0.3 is 5.32 Å². The van der Waals surface area contributed by atoms with Crippen LogP contribution in [0.1, 0.15) is 23.6 Å². The predicted octanol–water partition coefficient (Wildman–Crippen LogP) is 3.32. The topological polar surface area (TPSA) is 29.9 Å². The van der Waals surface area contributed by atoms with Crippen molar-refractivity contribution < 1.29 is 0 Å². The van der Waals surface area contributed by atoms with Crippen LogP contribution in [0.5, 0.6) is 0 Å². The molecule has 4 heteroatoms. The second-order valence-electron chi connectivity index (χ2n) is 4.77. The van der Waals surface area contributed by atoms with E-state index in [2.05, 4.69) is 50.6 Å². The van der Waals surface area contributed by atoms with Gasteiger partial charge in [0.25, 0.3) is 0 Å². The lowest BCUT2D eigenvalue weighted by Crippen LogP contribution is -2.19. The van der Waals surface area contributed by atoms with Gasteiger partial charge in [-0.05, 0) is 46.3 Å². The molecule has 0 fully saturated rings. The SMILES string of the molecule is Cn1ncc(Br)c1CC1CCNc2ccccc21. The number of anilines is 1. The van der Waals surface area contributed by atoms with Crippen molar-refractivity contribution in [1.82, 2.24) is 9.78 Å². The minimum atomic E-state index is 0.578. The monoisotopic (exact) mass is 305 g/mol. The third kappa shape index (κ3) is 2.05. The van der Waals surface area contributed by atoms with E-state index in [0.29, 0.717) is 5.92 Å². The summed E-state index contributed by atoms with van der Waals surface area (Å²) < 4.78 is 3.08. The minimum Gasteiger partial charge on any atom is -0.385 e. The summed E-state index contributed by atoms with van der Waals surface area (Å²) in [6.07, 6.45) is 4.09. The molecule has 2 aromatic rings. The lowest BCUT2D eigenvalue weighted by molar-refractivity contribution is 0.586. The van der Waals surface area contributed by atoms with Crippen LogP contribution in [-0.4, -0.2) is 16.3 Å². The van der Waals surface area contributed by atoms with Crippen molar-refractivity contribution in [2.45, 2.75) is 18.8 Å². The Kier molecular flexibility index (Phi) is 3.12. The maximum absolute atomic E-state index is 4.29. The summed E-state index contributed by atoms with van der Waals surface area (Å²) in [7, 11) is 2.01. The van der Waals surface area contributed by atoms with E-state index < -0.39 is 0 Å². The Balaban J connectivity index is 1.91. The molecule has 3 rings (SSSR count). The highest BCUT2D eigenvalue weighted by atomic mass is 79.9. The van der Waals surface area contributed by atoms with Gasteiger partial charge in [-0.1, -0.05) is 18.2 Å². The van der Waals surface area contributed by atoms with E-state index in [1.54, 1.807) is 0 Å². The Hall–Kier alpha value is -1.29. The van der Waals surface area contributed by atoms with Crippen molar-refractivity contribution >= 4 is 21.6 Å². The Bertz CT molecular complexity index is 542. The van der Waals surface area contributed by atoms with E-state index >= 15 is 0 Å². The summed E-state index contributed by atoms with van der Waals surface area (Å²) in [5, 5.41) is 7.76. The number of aromatic nitrogens is 2. The van der Waals surface area contributed by atoms with E-state index in [4.69, 9.17) is 0 Å². The molecule has 1 N–H and O–H groups in total. The van der Waals surface area contributed by atoms with Gasteiger partial charge in [-0.3, -0.25) is 4.68 Å². The molecule has 0 aliphatic carbocycles. The van der Waals surface area contributed by atoms with Crippen molar-refractivity contribution in [3.8, 4) is 0 Å². The van der Waals surface area contributed by atoms with Crippen LogP contribution in [0.25, 0.3) is 0 Å². The first-order valence-corrected chi connectivity index (χ1v) is 7.04. The first-order chi connectivity index (χ1) is 8.75. The molecule has 0 radical (unpaired) electrons. The van der Waals surface area contributed by atoms with Crippen LogP contribution in [-0.2, 0) is 13.5 Å². The number of nitrogens with one attached hydrogen (secondary N) is 1. The van der Waals surface area contributed by atoms with E-state index in [0.717, 1.165) is 17.4 Å². The number of para-hydroxylation sites is 1. The summed E-state index contributed by atoms with van der Waals surface area (Å²) in [5.41, 5.74) is 3.99. The predicted molar refractivity (Wildman–Crippen MR) is 76.9 cm³/mol. The number of halogens is 1. The summed E-state index contributed by atoms with van der Waals surface area (Å²) in [4.78, 5) is 0. The smallest absolute Gasteiger partial charge is 0.0635 e. The van der Waals surface area contributed by atoms with Gasteiger partial charge in [0.1, 0.15) is 0 Å². The molecule has 1 aromatic heterocycles. The second-order valence-corrected chi connectivity index (χ2v) is 5.62. The standard InChI is InChI=1S/C14H16BrN3/c1-18-14(12(15)9-17-18)8-10-6-7-16-13-5-3-2-4-11(10)13/h2-5,9-10,16H,6-8H2,1H3. The molecule has 1 aliphatic heterocycles. The molecule has 0 spiro atoms. The van der Waals surface area contributed by atoms with Crippen LogP contribution in [0.15, 0.2) is 34.9 Å². The highest BCUT2D eigenvalue weighted by Crippen LogP contribution is 2.34. The van der Waals surface area contributed by atoms with Gasteiger partial charge >= 0.3 is 0 Å². The van der Waals surface area contributed by atoms with Gasteiger partial charge in [-0.15, -0.1) is 0 Å². The molecular weight excluding hydrogens is 290 g/mol. The Labute approximate surface area is 115 Å². The van der Waals surface area contributed by atoms with Gasteiger partial charge in [0, 0.05) is 19.3 Å². The number of fused-ring (bicyclic) bond motifs is 1. The Morgan fingerprint density at radius 3 is 3.06 bits per heavy atom. The van der Waals surface area contributed by atoms with Gasteiger partial charge in [0.05, 0.1) is 16.4 Å². The zero-order valence-corrected chi connectivity index (χ0v) is 11.9. The van der Waals surface area contributed by atoms with Crippen molar-refractivity contribution in [1.29, 1.82) is 0 Å². The quantitative estimate of drug-likeness (QED) is 0.922. The first kappa shape index (κ1) is 11.8. The molecule has 3 nitrogen and oxygen atoms in total. The molecule has 18 heavy (non-hydrogen) atoms. The zero-order chi connectivity index (χ0) is 12.5. The van der Waals surface area contributed by atoms with Crippen LogP contribution < -0.4 is 5.32 Å². The summed E-state index contributed by atoms with van der Waals surface area (Å²) in [5.74, 6) is 0.578. The molecule has 1 aromatic carbocycles. The Morgan fingerprint density at radius 2 is 2.28 bits per heavy atom. The van der Waals surface area contributed by atoms with Crippen molar-refractivity contribution in [2.75, 3.05) is 11.9 Å². The van der Waals surface area contributed by atoms with Crippen molar-refractivity contribution in [3.05, 3.63) is 46.2 Å². The molecule has 0 bridgehead atoms. The molecule has 1 unspecified atom stereocenters.